The average molecular weight is 276 g/mol. The Morgan fingerprint density at radius 3 is 1.70 bits per heavy atom. The molecule has 0 aliphatic heterocycles. The van der Waals surface area contributed by atoms with E-state index >= 15 is 0 Å². The van der Waals surface area contributed by atoms with Crippen LogP contribution in [0.2, 0.25) is 0 Å². The molecule has 1 aromatic carbocycles. The van der Waals surface area contributed by atoms with Crippen molar-refractivity contribution >= 4 is 12.6 Å². The predicted octanol–water partition coefficient (Wildman–Crippen LogP) is 3.78. The zero-order valence-corrected chi connectivity index (χ0v) is 14.0. The second-order valence-electron chi connectivity index (χ2n) is 6.38. The van der Waals surface area contributed by atoms with Gasteiger partial charge in [0.1, 0.15) is 0 Å². The third-order valence-electron chi connectivity index (χ3n) is 3.75. The van der Waals surface area contributed by atoms with Gasteiger partial charge in [-0.3, -0.25) is 0 Å². The maximum Gasteiger partial charge on any atom is 0.491 e. The normalized spacial score (nSPS) is 11.8. The Morgan fingerprint density at radius 2 is 1.40 bits per heavy atom. The van der Waals surface area contributed by atoms with Gasteiger partial charge in [-0.25, -0.2) is 0 Å². The van der Waals surface area contributed by atoms with Crippen LogP contribution < -0.4 is 5.46 Å². The molecule has 1 aromatic rings. The van der Waals surface area contributed by atoms with Gasteiger partial charge in [-0.05, 0) is 46.8 Å². The van der Waals surface area contributed by atoms with Crippen LogP contribution in [-0.2, 0) is 4.65 Å². The Morgan fingerprint density at radius 1 is 0.950 bits per heavy atom. The summed E-state index contributed by atoms with van der Waals surface area (Å²) in [5.74, 6) is 1.23. The summed E-state index contributed by atoms with van der Waals surface area (Å²) in [5.41, 5.74) is 4.73. The van der Waals surface area contributed by atoms with Gasteiger partial charge in [0.2, 0.25) is 0 Å². The minimum atomic E-state index is -0.823. The van der Waals surface area contributed by atoms with Gasteiger partial charge in [-0.1, -0.05) is 53.7 Å². The van der Waals surface area contributed by atoms with E-state index < -0.39 is 7.12 Å². The van der Waals surface area contributed by atoms with E-state index in [2.05, 4.69) is 53.7 Å². The van der Waals surface area contributed by atoms with Gasteiger partial charge in [-0.2, -0.15) is 0 Å². The van der Waals surface area contributed by atoms with E-state index in [1.807, 2.05) is 6.92 Å². The Balaban J connectivity index is 3.50. The van der Waals surface area contributed by atoms with Gasteiger partial charge in [0.25, 0.3) is 0 Å². The van der Waals surface area contributed by atoms with Gasteiger partial charge in [0, 0.05) is 6.61 Å². The highest BCUT2D eigenvalue weighted by atomic mass is 16.5. The molecule has 0 bridgehead atoms. The first-order valence-corrected chi connectivity index (χ1v) is 7.76. The molecule has 112 valence electrons. The molecule has 0 aliphatic carbocycles. The molecule has 1 rings (SSSR count). The Kier molecular flexibility index (Phi) is 6.28. The Bertz CT molecular complexity index is 410. The van der Waals surface area contributed by atoms with Gasteiger partial charge in [-0.15, -0.1) is 0 Å². The standard InChI is InChI=1S/C17H29BO2/c1-8-20-18(19)17-15(12(4)5)9-14(11(2)3)10-16(17)13(6)7/h9-13,19H,8H2,1-7H3. The zero-order valence-electron chi connectivity index (χ0n) is 14.0. The van der Waals surface area contributed by atoms with E-state index in [1.54, 1.807) is 0 Å². The fourth-order valence-corrected chi connectivity index (χ4v) is 2.54. The number of benzene rings is 1. The lowest BCUT2D eigenvalue weighted by molar-refractivity contribution is 0.286. The average Bonchev–Trinajstić information content (AvgIpc) is 2.36. The summed E-state index contributed by atoms with van der Waals surface area (Å²) < 4.78 is 5.47. The minimum absolute atomic E-state index is 0.372. The molecule has 3 heteroatoms. The largest absolute Gasteiger partial charge is 0.491 e. The SMILES string of the molecule is CCOB(O)c1c(C(C)C)cc(C(C)C)cc1C(C)C. The first kappa shape index (κ1) is 17.3. The van der Waals surface area contributed by atoms with Crippen molar-refractivity contribution in [2.24, 2.45) is 0 Å². The highest BCUT2D eigenvalue weighted by Crippen LogP contribution is 2.26. The van der Waals surface area contributed by atoms with Crippen LogP contribution >= 0.6 is 0 Å². The van der Waals surface area contributed by atoms with Crippen molar-refractivity contribution in [3.05, 3.63) is 28.8 Å². The maximum atomic E-state index is 10.4. The van der Waals surface area contributed by atoms with Crippen LogP contribution in [0.3, 0.4) is 0 Å². The lowest BCUT2D eigenvalue weighted by atomic mass is 9.68. The van der Waals surface area contributed by atoms with Gasteiger partial charge in [0.15, 0.2) is 0 Å². The minimum Gasteiger partial charge on any atom is -0.423 e. The van der Waals surface area contributed by atoms with Gasteiger partial charge < -0.3 is 9.68 Å². The molecular weight excluding hydrogens is 247 g/mol. The van der Waals surface area contributed by atoms with E-state index in [-0.39, 0.29) is 0 Å². The number of rotatable bonds is 6. The van der Waals surface area contributed by atoms with Crippen molar-refractivity contribution in [2.75, 3.05) is 6.61 Å². The first-order valence-electron chi connectivity index (χ1n) is 7.76. The summed E-state index contributed by atoms with van der Waals surface area (Å²) in [6.07, 6.45) is 0. The smallest absolute Gasteiger partial charge is 0.423 e. The highest BCUT2D eigenvalue weighted by Gasteiger charge is 2.27. The quantitative estimate of drug-likeness (QED) is 0.801. The van der Waals surface area contributed by atoms with Crippen molar-refractivity contribution in [2.45, 2.75) is 66.2 Å². The molecule has 0 aromatic heterocycles. The second-order valence-corrected chi connectivity index (χ2v) is 6.38. The molecule has 0 amide bonds. The maximum absolute atomic E-state index is 10.4. The summed E-state index contributed by atoms with van der Waals surface area (Å²) in [5, 5.41) is 10.4. The van der Waals surface area contributed by atoms with E-state index in [9.17, 15) is 5.02 Å². The van der Waals surface area contributed by atoms with E-state index in [0.29, 0.717) is 24.4 Å². The summed E-state index contributed by atoms with van der Waals surface area (Å²) in [4.78, 5) is 0. The van der Waals surface area contributed by atoms with Crippen LogP contribution in [-0.4, -0.2) is 18.7 Å². The summed E-state index contributed by atoms with van der Waals surface area (Å²) in [7, 11) is -0.823. The van der Waals surface area contributed by atoms with E-state index in [0.717, 1.165) is 5.46 Å². The van der Waals surface area contributed by atoms with Crippen LogP contribution in [0.1, 0.15) is 82.9 Å². The molecule has 0 heterocycles. The van der Waals surface area contributed by atoms with Crippen LogP contribution in [0.5, 0.6) is 0 Å². The molecule has 0 saturated heterocycles. The van der Waals surface area contributed by atoms with Crippen molar-refractivity contribution in [1.82, 2.24) is 0 Å². The molecule has 0 atom stereocenters. The lowest BCUT2D eigenvalue weighted by Crippen LogP contribution is -2.40. The third-order valence-corrected chi connectivity index (χ3v) is 3.75. The van der Waals surface area contributed by atoms with Crippen LogP contribution in [0.15, 0.2) is 12.1 Å². The van der Waals surface area contributed by atoms with Crippen molar-refractivity contribution in [3.63, 3.8) is 0 Å². The fourth-order valence-electron chi connectivity index (χ4n) is 2.54. The Hall–Kier alpha value is -0.795. The van der Waals surface area contributed by atoms with E-state index in [4.69, 9.17) is 4.65 Å². The second kappa shape index (κ2) is 7.28. The predicted molar refractivity (Wildman–Crippen MR) is 87.9 cm³/mol. The van der Waals surface area contributed by atoms with Crippen LogP contribution in [0, 0.1) is 0 Å². The molecule has 0 unspecified atom stereocenters. The third kappa shape index (κ3) is 3.86. The monoisotopic (exact) mass is 276 g/mol. The Labute approximate surface area is 124 Å². The van der Waals surface area contributed by atoms with E-state index in [1.165, 1.54) is 16.7 Å². The lowest BCUT2D eigenvalue weighted by Gasteiger charge is -2.24. The van der Waals surface area contributed by atoms with Crippen molar-refractivity contribution in [3.8, 4) is 0 Å². The van der Waals surface area contributed by atoms with Gasteiger partial charge in [0.05, 0.1) is 0 Å². The molecule has 1 N–H and O–H groups in total. The fraction of sp³-hybridized carbons (Fsp3) is 0.647. The molecule has 0 fully saturated rings. The first-order chi connectivity index (χ1) is 9.29. The molecule has 0 radical (unpaired) electrons. The molecule has 0 aliphatic rings. The number of hydrogen-bond donors (Lipinski definition) is 1. The molecule has 2 nitrogen and oxygen atoms in total. The van der Waals surface area contributed by atoms with Gasteiger partial charge >= 0.3 is 7.12 Å². The molecule has 0 saturated carbocycles. The molecule has 20 heavy (non-hydrogen) atoms. The molecular formula is C17H29BO2. The molecule has 0 spiro atoms. The van der Waals surface area contributed by atoms with Crippen molar-refractivity contribution in [1.29, 1.82) is 0 Å². The summed E-state index contributed by atoms with van der Waals surface area (Å²) in [6, 6.07) is 4.47. The highest BCUT2D eigenvalue weighted by molar-refractivity contribution is 6.61. The van der Waals surface area contributed by atoms with Crippen LogP contribution in [0.25, 0.3) is 0 Å². The zero-order chi connectivity index (χ0) is 15.4. The summed E-state index contributed by atoms with van der Waals surface area (Å²) in [6.45, 7) is 15.5. The van der Waals surface area contributed by atoms with Crippen LogP contribution in [0.4, 0.5) is 0 Å². The number of hydrogen-bond acceptors (Lipinski definition) is 2. The summed E-state index contributed by atoms with van der Waals surface area (Å²) >= 11 is 0. The topological polar surface area (TPSA) is 29.5 Å². The van der Waals surface area contributed by atoms with Crippen molar-refractivity contribution < 1.29 is 9.68 Å².